The lowest BCUT2D eigenvalue weighted by atomic mass is 10.2. The summed E-state index contributed by atoms with van der Waals surface area (Å²) in [5.74, 6) is -2.78. The minimum Gasteiger partial charge on any atom is -0.480 e. The van der Waals surface area contributed by atoms with Crippen molar-refractivity contribution in [2.75, 3.05) is 19.8 Å². The van der Waals surface area contributed by atoms with Gasteiger partial charge >= 0.3 is 25.7 Å². The van der Waals surface area contributed by atoms with Gasteiger partial charge in [0.1, 0.15) is 12.6 Å². The summed E-state index contributed by atoms with van der Waals surface area (Å²) in [5, 5.41) is 19.2. The summed E-state index contributed by atoms with van der Waals surface area (Å²) in [6.07, 6.45) is 51.8. The monoisotopic (exact) mass is 871 g/mol. The number of aliphatic hydroxyl groups excluding tert-OH is 1. The molecule has 12 nitrogen and oxygen atoms in total. The van der Waals surface area contributed by atoms with Gasteiger partial charge in [-0.1, -0.05) is 148 Å². The van der Waals surface area contributed by atoms with Crippen LogP contribution in [-0.4, -0.2) is 71.1 Å². The molecule has 0 aliphatic carbocycles. The highest BCUT2D eigenvalue weighted by Crippen LogP contribution is 2.43. The predicted molar refractivity (Wildman–Crippen MR) is 245 cm³/mol. The number of nitrogens with two attached hydrogens (primary N) is 1. The maximum Gasteiger partial charge on any atom is 0.472 e. The van der Waals surface area contributed by atoms with Crippen LogP contribution in [0.4, 0.5) is 0 Å². The van der Waals surface area contributed by atoms with E-state index >= 15 is 0 Å². The number of unbranched alkanes of at least 4 members (excludes halogenated alkanes) is 4. The van der Waals surface area contributed by atoms with E-state index in [0.29, 0.717) is 12.8 Å². The van der Waals surface area contributed by atoms with Crippen LogP contribution in [0, 0.1) is 0 Å². The fraction of sp³-hybridized carbons (Fsp3) is 0.521. The number of aliphatic carboxylic acids is 1. The highest BCUT2D eigenvalue weighted by atomic mass is 31.2. The molecule has 342 valence electrons. The smallest absolute Gasteiger partial charge is 0.472 e. The van der Waals surface area contributed by atoms with E-state index in [9.17, 15) is 28.9 Å². The van der Waals surface area contributed by atoms with Crippen LogP contribution < -0.4 is 5.73 Å². The molecule has 0 aromatic carbocycles. The molecule has 0 aromatic heterocycles. The topological polar surface area (TPSA) is 192 Å². The fourth-order valence-electron chi connectivity index (χ4n) is 4.87. The fourth-order valence-corrected chi connectivity index (χ4v) is 5.65. The molecule has 0 fully saturated rings. The second kappa shape index (κ2) is 41.2. The standard InChI is InChI=1S/C48H74NO11P/c1-3-5-7-9-11-13-15-17-19-21-23-25-27-29-31-33-35-37-47(52)60-44(41-58-61(55,56)59-42-45(49)48(53)54)40-57-46(51)39-38-43(50)36-34-32-30-28-26-24-22-20-18-16-14-12-10-8-6-4-2/h6,8,11-14,17-20,23-26,29-32,34,36,43-45,50H,3-5,7,9-10,15-16,21-22,27-28,33,35,37-42,49H2,1-2H3,(H,53,54)(H,55,56)/b8-6-,13-11-,14-12-,19-17-,20-18-,25-23-,26-24-,31-29-,32-30-,36-34-/t43?,44-,45+/m1/s1. The second-order valence-corrected chi connectivity index (χ2v) is 15.4. The first-order chi connectivity index (χ1) is 29.5. The SMILES string of the molecule is CC/C=C\C/C=C\C/C=C\C/C=C\C/C=C\C=C/C(O)CCC(=O)OC[C@H](COP(=O)(O)OC[C@H](N)C(=O)O)OC(=O)CCC/C=C\C/C=C\C/C=C\C/C=C\CCCCC. The van der Waals surface area contributed by atoms with Gasteiger partial charge in [-0.2, -0.15) is 0 Å². The average Bonchev–Trinajstić information content (AvgIpc) is 3.23. The Morgan fingerprint density at radius 3 is 1.62 bits per heavy atom. The summed E-state index contributed by atoms with van der Waals surface area (Å²) in [7, 11) is -4.80. The molecule has 0 saturated carbocycles. The zero-order valence-corrected chi connectivity index (χ0v) is 37.4. The van der Waals surface area contributed by atoms with Crippen molar-refractivity contribution in [2.24, 2.45) is 5.73 Å². The lowest BCUT2D eigenvalue weighted by Gasteiger charge is -2.20. The number of carbonyl (C=O) groups is 3. The van der Waals surface area contributed by atoms with Gasteiger partial charge in [0.2, 0.25) is 0 Å². The Labute approximate surface area is 365 Å². The number of phosphoric ester groups is 1. The first-order valence-electron chi connectivity index (χ1n) is 21.7. The zero-order chi connectivity index (χ0) is 45.1. The van der Waals surface area contributed by atoms with Crippen LogP contribution in [0.1, 0.15) is 123 Å². The number of hydrogen-bond acceptors (Lipinski definition) is 10. The van der Waals surface area contributed by atoms with Crippen molar-refractivity contribution in [3.05, 3.63) is 122 Å². The van der Waals surface area contributed by atoms with Gasteiger partial charge in [0.25, 0.3) is 0 Å². The molecule has 61 heavy (non-hydrogen) atoms. The van der Waals surface area contributed by atoms with Crippen LogP contribution >= 0.6 is 7.82 Å². The van der Waals surface area contributed by atoms with Gasteiger partial charge in [-0.25, -0.2) is 4.57 Å². The summed E-state index contributed by atoms with van der Waals surface area (Å²) in [5.41, 5.74) is 5.31. The summed E-state index contributed by atoms with van der Waals surface area (Å²) < 4.78 is 32.4. The van der Waals surface area contributed by atoms with Crippen molar-refractivity contribution in [2.45, 2.75) is 141 Å². The third-order valence-corrected chi connectivity index (χ3v) is 9.26. The van der Waals surface area contributed by atoms with E-state index in [-0.39, 0.29) is 19.3 Å². The van der Waals surface area contributed by atoms with Crippen LogP contribution in [-0.2, 0) is 37.5 Å². The van der Waals surface area contributed by atoms with Crippen LogP contribution in [0.2, 0.25) is 0 Å². The highest BCUT2D eigenvalue weighted by molar-refractivity contribution is 7.47. The van der Waals surface area contributed by atoms with Gasteiger partial charge in [-0.15, -0.1) is 0 Å². The molecule has 2 unspecified atom stereocenters. The minimum absolute atomic E-state index is 0.0274. The van der Waals surface area contributed by atoms with E-state index < -0.39 is 63.8 Å². The molecule has 0 aromatic rings. The van der Waals surface area contributed by atoms with E-state index in [4.69, 9.17) is 24.8 Å². The predicted octanol–water partition coefficient (Wildman–Crippen LogP) is 10.6. The van der Waals surface area contributed by atoms with Crippen LogP contribution in [0.15, 0.2) is 122 Å². The van der Waals surface area contributed by atoms with Crippen LogP contribution in [0.25, 0.3) is 0 Å². The molecule has 5 N–H and O–H groups in total. The Kier molecular flexibility index (Phi) is 38.4. The van der Waals surface area contributed by atoms with Crippen LogP contribution in [0.3, 0.4) is 0 Å². The Balaban J connectivity index is 4.72. The lowest BCUT2D eigenvalue weighted by Crippen LogP contribution is -2.34. The Hall–Kier alpha value is -4.16. The lowest BCUT2D eigenvalue weighted by molar-refractivity contribution is -0.161. The molecule has 4 atom stereocenters. The summed E-state index contributed by atoms with van der Waals surface area (Å²) in [4.78, 5) is 46.0. The molecule has 0 spiro atoms. The number of hydrogen-bond donors (Lipinski definition) is 4. The van der Waals surface area contributed by atoms with Gasteiger partial charge < -0.3 is 30.3 Å². The van der Waals surface area contributed by atoms with Gasteiger partial charge in [-0.05, 0) is 83.5 Å². The van der Waals surface area contributed by atoms with Gasteiger partial charge in [-0.3, -0.25) is 23.4 Å². The second-order valence-electron chi connectivity index (χ2n) is 13.9. The zero-order valence-electron chi connectivity index (χ0n) is 36.6. The Morgan fingerprint density at radius 2 is 1.10 bits per heavy atom. The number of rotatable bonds is 38. The highest BCUT2D eigenvalue weighted by Gasteiger charge is 2.28. The largest absolute Gasteiger partial charge is 0.480 e. The van der Waals surface area contributed by atoms with Crippen molar-refractivity contribution in [3.8, 4) is 0 Å². The van der Waals surface area contributed by atoms with Crippen molar-refractivity contribution >= 4 is 25.7 Å². The number of phosphoric acid groups is 1. The van der Waals surface area contributed by atoms with Crippen molar-refractivity contribution < 1.29 is 52.6 Å². The molecule has 0 aliphatic heterocycles. The van der Waals surface area contributed by atoms with E-state index in [1.54, 1.807) is 12.2 Å². The van der Waals surface area contributed by atoms with E-state index in [1.165, 1.54) is 19.3 Å². The molecule has 0 rings (SSSR count). The quantitative estimate of drug-likeness (QED) is 0.0151. The third-order valence-electron chi connectivity index (χ3n) is 8.31. The maximum absolute atomic E-state index is 12.6. The maximum atomic E-state index is 12.6. The Bertz CT molecular complexity index is 1510. The molecule has 0 aliphatic rings. The van der Waals surface area contributed by atoms with E-state index in [1.807, 2.05) is 24.3 Å². The molecule has 0 bridgehead atoms. The van der Waals surface area contributed by atoms with Crippen molar-refractivity contribution in [1.82, 2.24) is 0 Å². The average molecular weight is 872 g/mol. The van der Waals surface area contributed by atoms with Gasteiger partial charge in [0.05, 0.1) is 19.3 Å². The number of carboxylic acid groups (broad SMARTS) is 1. The number of esters is 2. The van der Waals surface area contributed by atoms with Gasteiger partial charge in [0, 0.05) is 12.8 Å². The molecule has 0 amide bonds. The summed E-state index contributed by atoms with van der Waals surface area (Å²) in [6.45, 7) is 2.33. The molecule has 13 heteroatoms. The van der Waals surface area contributed by atoms with Crippen LogP contribution in [0.5, 0.6) is 0 Å². The first-order valence-corrected chi connectivity index (χ1v) is 23.2. The molecular formula is C48H74NO11P. The van der Waals surface area contributed by atoms with Gasteiger partial charge in [0.15, 0.2) is 6.10 Å². The summed E-state index contributed by atoms with van der Waals surface area (Å²) >= 11 is 0. The number of allylic oxidation sites excluding steroid dienone is 19. The van der Waals surface area contributed by atoms with E-state index in [2.05, 4.69) is 103 Å². The van der Waals surface area contributed by atoms with Crippen molar-refractivity contribution in [1.29, 1.82) is 0 Å². The number of carbonyl (C=O) groups excluding carboxylic acids is 2. The summed E-state index contributed by atoms with van der Waals surface area (Å²) in [6, 6.07) is -1.57. The molecule has 0 radical (unpaired) electrons. The molecule has 0 saturated heterocycles. The minimum atomic E-state index is -4.80. The first kappa shape index (κ1) is 56.8. The third kappa shape index (κ3) is 41.0. The van der Waals surface area contributed by atoms with E-state index in [0.717, 1.165) is 57.8 Å². The molecular weight excluding hydrogens is 797 g/mol. The number of carboxylic acids is 1. The number of ether oxygens (including phenoxy) is 2. The normalized spacial score (nSPS) is 15.4. The molecule has 0 heterocycles. The number of aliphatic hydroxyl groups is 1. The van der Waals surface area contributed by atoms with Crippen molar-refractivity contribution in [3.63, 3.8) is 0 Å². The Morgan fingerprint density at radius 1 is 0.607 bits per heavy atom.